The summed E-state index contributed by atoms with van der Waals surface area (Å²) in [6.45, 7) is 6.64. The van der Waals surface area contributed by atoms with Crippen LogP contribution in [0.2, 0.25) is 0 Å². The van der Waals surface area contributed by atoms with Crippen molar-refractivity contribution in [2.45, 2.75) is 115 Å². The van der Waals surface area contributed by atoms with E-state index in [4.69, 9.17) is 14.6 Å². The normalized spacial score (nSPS) is 16.4. The molecule has 2 atom stereocenters. The number of rotatable bonds is 18. The van der Waals surface area contributed by atoms with E-state index in [1.54, 1.807) is 0 Å². The Hall–Kier alpha value is -1.66. The zero-order valence-electron chi connectivity index (χ0n) is 20.1. The summed E-state index contributed by atoms with van der Waals surface area (Å²) < 4.78 is 10.0. The number of hydrogen-bond acceptors (Lipinski definition) is 5. The van der Waals surface area contributed by atoms with Crippen LogP contribution >= 0.6 is 0 Å². The number of ether oxygens (including phenoxy) is 2. The average molecular weight is 455 g/mol. The molecule has 0 aromatic rings. The lowest BCUT2D eigenvalue weighted by Crippen LogP contribution is -2.16. The number of carboxylic acid groups (broad SMARTS) is 1. The predicted octanol–water partition coefficient (Wildman–Crippen LogP) is 5.97. The molecule has 6 heteroatoms. The molecule has 0 saturated carbocycles. The maximum atomic E-state index is 10.6. The van der Waals surface area contributed by atoms with Crippen molar-refractivity contribution in [1.82, 2.24) is 0 Å². The molecule has 186 valence electrons. The summed E-state index contributed by atoms with van der Waals surface area (Å²) in [5.74, 6) is -1.06. The number of carboxylic acids is 1. The summed E-state index contributed by atoms with van der Waals surface area (Å²) in [5.41, 5.74) is 0. The quantitative estimate of drug-likeness (QED) is 0.115. The molecule has 2 N–H and O–H groups in total. The molecule has 1 aliphatic heterocycles. The molecule has 1 saturated heterocycles. The molecule has 6 nitrogen and oxygen atoms in total. The Bertz CT molecular complexity index is 497. The van der Waals surface area contributed by atoms with Crippen LogP contribution in [0.1, 0.15) is 103 Å². The van der Waals surface area contributed by atoms with Gasteiger partial charge in [-0.3, -0.25) is 4.79 Å². The molecule has 0 aliphatic carbocycles. The fourth-order valence-corrected chi connectivity index (χ4v) is 3.37. The van der Waals surface area contributed by atoms with Crippen LogP contribution in [-0.4, -0.2) is 47.6 Å². The van der Waals surface area contributed by atoms with E-state index in [1.807, 2.05) is 0 Å². The van der Waals surface area contributed by atoms with Gasteiger partial charge >= 0.3 is 11.9 Å². The number of aliphatic carboxylic acids is 1. The van der Waals surface area contributed by atoms with Gasteiger partial charge in [0.05, 0.1) is 12.2 Å². The van der Waals surface area contributed by atoms with Crippen molar-refractivity contribution in [2.24, 2.45) is 0 Å². The first-order chi connectivity index (χ1) is 15.5. The maximum absolute atomic E-state index is 10.6. The number of esters is 1. The van der Waals surface area contributed by atoms with Crippen molar-refractivity contribution >= 4 is 11.9 Å². The highest BCUT2D eigenvalue weighted by molar-refractivity contribution is 5.81. The second-order valence-electron chi connectivity index (χ2n) is 8.38. The zero-order chi connectivity index (χ0) is 23.9. The first-order valence-electron chi connectivity index (χ1n) is 12.4. The molecular formula is C26H46O6. The van der Waals surface area contributed by atoms with E-state index in [9.17, 15) is 14.7 Å². The number of allylic oxidation sites excluding steroid dienone is 1. The van der Waals surface area contributed by atoms with Crippen molar-refractivity contribution < 1.29 is 29.3 Å². The number of carbonyl (C=O) groups is 2. The molecule has 2 unspecified atom stereocenters. The molecule has 1 aliphatic rings. The minimum absolute atomic E-state index is 0.110. The van der Waals surface area contributed by atoms with Crippen molar-refractivity contribution in [1.29, 1.82) is 0 Å². The summed E-state index contributed by atoms with van der Waals surface area (Å²) in [6.07, 6.45) is 20.7. The molecule has 32 heavy (non-hydrogen) atoms. The van der Waals surface area contributed by atoms with Gasteiger partial charge < -0.3 is 19.7 Å². The Morgan fingerprint density at radius 1 is 1.09 bits per heavy atom. The number of carbonyl (C=O) groups excluding carboxylic acids is 1. The summed E-state index contributed by atoms with van der Waals surface area (Å²) in [5, 5.41) is 18.3. The first-order valence-corrected chi connectivity index (χ1v) is 12.4. The largest absolute Gasteiger partial charge is 0.481 e. The average Bonchev–Trinajstić information content (AvgIpc) is 3.30. The van der Waals surface area contributed by atoms with Gasteiger partial charge in [0, 0.05) is 19.1 Å². The van der Waals surface area contributed by atoms with Gasteiger partial charge in [0.15, 0.2) is 0 Å². The van der Waals surface area contributed by atoms with Gasteiger partial charge in [-0.2, -0.15) is 0 Å². The third-order valence-electron chi connectivity index (χ3n) is 5.33. The molecule has 1 rings (SSSR count). The molecule has 0 aromatic heterocycles. The van der Waals surface area contributed by atoms with E-state index in [2.05, 4.69) is 25.7 Å². The van der Waals surface area contributed by atoms with Crippen LogP contribution in [0.4, 0.5) is 0 Å². The third kappa shape index (κ3) is 21.6. The highest BCUT2D eigenvalue weighted by atomic mass is 16.6. The number of aliphatic hydroxyl groups is 1. The van der Waals surface area contributed by atoms with Crippen LogP contribution in [-0.2, 0) is 19.1 Å². The fraction of sp³-hybridized carbons (Fsp3) is 0.769. The van der Waals surface area contributed by atoms with Gasteiger partial charge in [-0.05, 0) is 44.9 Å². The summed E-state index contributed by atoms with van der Waals surface area (Å²) in [4.78, 5) is 20.9. The van der Waals surface area contributed by atoms with Crippen molar-refractivity contribution in [2.75, 3.05) is 13.2 Å². The molecule has 0 aromatic carbocycles. The van der Waals surface area contributed by atoms with Crippen LogP contribution in [0.15, 0.2) is 24.8 Å². The zero-order valence-corrected chi connectivity index (χ0v) is 20.1. The Balaban J connectivity index is 0.000000726. The minimum Gasteiger partial charge on any atom is -0.481 e. The third-order valence-corrected chi connectivity index (χ3v) is 5.33. The van der Waals surface area contributed by atoms with Crippen LogP contribution in [0, 0.1) is 0 Å². The Labute approximate surface area is 195 Å². The van der Waals surface area contributed by atoms with E-state index in [0.29, 0.717) is 13.0 Å². The van der Waals surface area contributed by atoms with Crippen LogP contribution < -0.4 is 0 Å². The second-order valence-corrected chi connectivity index (χ2v) is 8.38. The SMILES string of the molecule is C=CC(=O)OCC1CCCO1.CCCCCCC(O)C/C=C\CCCCCCCC(=O)O. The predicted molar refractivity (Wildman–Crippen MR) is 129 cm³/mol. The lowest BCUT2D eigenvalue weighted by Gasteiger charge is -2.07. The Morgan fingerprint density at radius 3 is 2.47 bits per heavy atom. The monoisotopic (exact) mass is 454 g/mol. The van der Waals surface area contributed by atoms with Gasteiger partial charge in [-0.15, -0.1) is 0 Å². The van der Waals surface area contributed by atoms with Crippen LogP contribution in [0.3, 0.4) is 0 Å². The highest BCUT2D eigenvalue weighted by Gasteiger charge is 2.16. The van der Waals surface area contributed by atoms with Crippen molar-refractivity contribution in [3.8, 4) is 0 Å². The number of hydrogen-bond donors (Lipinski definition) is 2. The van der Waals surface area contributed by atoms with Gasteiger partial charge in [0.1, 0.15) is 6.61 Å². The second kappa shape index (κ2) is 22.5. The van der Waals surface area contributed by atoms with E-state index in [0.717, 1.165) is 76.9 Å². The standard InChI is InChI=1S/C18H34O3.C8H12O3/c1-2-3-4-11-14-17(19)15-12-9-7-5-6-8-10-13-16-18(20)21;1-2-8(9)11-6-7-4-3-5-10-7/h9,12,17,19H,2-8,10-11,13-16H2,1H3,(H,20,21);2,7H,1,3-6H2/b12-9-;. The molecule has 0 spiro atoms. The van der Waals surface area contributed by atoms with Crippen molar-refractivity contribution in [3.63, 3.8) is 0 Å². The fourth-order valence-electron chi connectivity index (χ4n) is 3.37. The van der Waals surface area contributed by atoms with Gasteiger partial charge in [0.2, 0.25) is 0 Å². The smallest absolute Gasteiger partial charge is 0.330 e. The molecule has 0 radical (unpaired) electrons. The van der Waals surface area contributed by atoms with Gasteiger partial charge in [0.25, 0.3) is 0 Å². The van der Waals surface area contributed by atoms with E-state index in [-0.39, 0.29) is 18.2 Å². The number of unbranched alkanes of at least 4 members (excludes halogenated alkanes) is 8. The topological polar surface area (TPSA) is 93.1 Å². The van der Waals surface area contributed by atoms with E-state index < -0.39 is 5.97 Å². The van der Waals surface area contributed by atoms with Crippen LogP contribution in [0.5, 0.6) is 0 Å². The summed E-state index contributed by atoms with van der Waals surface area (Å²) in [6, 6.07) is 0. The molecule has 1 fully saturated rings. The highest BCUT2D eigenvalue weighted by Crippen LogP contribution is 2.12. The molecule has 0 amide bonds. The summed E-state index contributed by atoms with van der Waals surface area (Å²) in [7, 11) is 0. The minimum atomic E-state index is -0.689. The molecule has 1 heterocycles. The lowest BCUT2D eigenvalue weighted by atomic mass is 10.1. The van der Waals surface area contributed by atoms with Crippen molar-refractivity contribution in [3.05, 3.63) is 24.8 Å². The van der Waals surface area contributed by atoms with Gasteiger partial charge in [-0.25, -0.2) is 4.79 Å². The maximum Gasteiger partial charge on any atom is 0.330 e. The van der Waals surface area contributed by atoms with Crippen LogP contribution in [0.25, 0.3) is 0 Å². The molecule has 0 bridgehead atoms. The number of aliphatic hydroxyl groups excluding tert-OH is 1. The van der Waals surface area contributed by atoms with Gasteiger partial charge in [-0.1, -0.05) is 70.6 Å². The summed E-state index contributed by atoms with van der Waals surface area (Å²) >= 11 is 0. The Kier molecular flexibility index (Phi) is 21.4. The Morgan fingerprint density at radius 2 is 1.81 bits per heavy atom. The first kappa shape index (κ1) is 30.3. The lowest BCUT2D eigenvalue weighted by molar-refractivity contribution is -0.141. The van der Waals surface area contributed by atoms with E-state index >= 15 is 0 Å². The molecular weight excluding hydrogens is 408 g/mol. The van der Waals surface area contributed by atoms with E-state index in [1.165, 1.54) is 25.7 Å².